The largest absolute Gasteiger partial charge is 0.495 e. The molecule has 1 rings (SSSR count). The zero-order valence-corrected chi connectivity index (χ0v) is 11.2. The molecule has 7 heteroatoms. The van der Waals surface area contributed by atoms with Crippen molar-refractivity contribution in [2.24, 2.45) is 0 Å². The molecule has 100 valence electrons. The number of sulfonamides is 1. The van der Waals surface area contributed by atoms with Crippen LogP contribution in [0.1, 0.15) is 6.92 Å². The molecule has 0 aliphatic heterocycles. The standard InChI is InChI=1S/C11H15NO5S/c1-8(11(13)17-3)12-18(14,15)10-7-5-4-6-9(10)16-2/h4-8,12H,1-3H3. The van der Waals surface area contributed by atoms with Crippen LogP contribution in [0.4, 0.5) is 0 Å². The van der Waals surface area contributed by atoms with Crippen LogP contribution >= 0.6 is 0 Å². The molecule has 0 heterocycles. The van der Waals surface area contributed by atoms with E-state index in [1.165, 1.54) is 33.3 Å². The Morgan fingerprint density at radius 1 is 1.28 bits per heavy atom. The fourth-order valence-electron chi connectivity index (χ4n) is 1.36. The Kier molecular flexibility index (Phi) is 4.69. The molecule has 0 saturated heterocycles. The smallest absolute Gasteiger partial charge is 0.323 e. The number of hydrogen-bond acceptors (Lipinski definition) is 5. The third kappa shape index (κ3) is 3.21. The number of nitrogens with one attached hydrogen (secondary N) is 1. The molecule has 0 aliphatic rings. The van der Waals surface area contributed by atoms with Crippen LogP contribution in [-0.2, 0) is 19.6 Å². The van der Waals surface area contributed by atoms with Crippen molar-refractivity contribution in [2.45, 2.75) is 17.9 Å². The molecule has 1 aromatic carbocycles. The Morgan fingerprint density at radius 3 is 2.44 bits per heavy atom. The number of para-hydroxylation sites is 1. The molecule has 1 unspecified atom stereocenters. The van der Waals surface area contributed by atoms with Gasteiger partial charge in [0.2, 0.25) is 10.0 Å². The van der Waals surface area contributed by atoms with Gasteiger partial charge >= 0.3 is 5.97 Å². The summed E-state index contributed by atoms with van der Waals surface area (Å²) < 4.78 is 35.7. The van der Waals surface area contributed by atoms with Gasteiger partial charge in [-0.2, -0.15) is 4.72 Å². The van der Waals surface area contributed by atoms with Crippen molar-refractivity contribution in [3.8, 4) is 5.75 Å². The summed E-state index contributed by atoms with van der Waals surface area (Å²) in [6, 6.07) is 5.18. The maximum absolute atomic E-state index is 12.0. The molecule has 0 aromatic heterocycles. The van der Waals surface area contributed by atoms with Crippen LogP contribution in [0, 0.1) is 0 Å². The van der Waals surface area contributed by atoms with Crippen molar-refractivity contribution in [3.05, 3.63) is 24.3 Å². The number of carbonyl (C=O) groups is 1. The lowest BCUT2D eigenvalue weighted by Crippen LogP contribution is -2.39. The van der Waals surface area contributed by atoms with Gasteiger partial charge in [0.25, 0.3) is 0 Å². The summed E-state index contributed by atoms with van der Waals surface area (Å²) in [6.07, 6.45) is 0. The highest BCUT2D eigenvalue weighted by molar-refractivity contribution is 7.89. The van der Waals surface area contributed by atoms with Crippen LogP contribution in [0.15, 0.2) is 29.2 Å². The summed E-state index contributed by atoms with van der Waals surface area (Å²) in [6.45, 7) is 1.40. The Labute approximate surface area is 106 Å². The number of esters is 1. The van der Waals surface area contributed by atoms with Gasteiger partial charge in [0.05, 0.1) is 14.2 Å². The van der Waals surface area contributed by atoms with Crippen molar-refractivity contribution >= 4 is 16.0 Å². The summed E-state index contributed by atoms with van der Waals surface area (Å²) in [5, 5.41) is 0. The lowest BCUT2D eigenvalue weighted by atomic mass is 10.3. The summed E-state index contributed by atoms with van der Waals surface area (Å²) in [7, 11) is -1.27. The molecule has 1 atom stereocenters. The molecule has 0 amide bonds. The molecule has 0 saturated carbocycles. The number of benzene rings is 1. The molecule has 0 radical (unpaired) electrons. The average Bonchev–Trinajstić information content (AvgIpc) is 2.37. The zero-order valence-electron chi connectivity index (χ0n) is 10.3. The first-order chi connectivity index (χ1) is 8.42. The van der Waals surface area contributed by atoms with Gasteiger partial charge in [-0.3, -0.25) is 4.79 Å². The highest BCUT2D eigenvalue weighted by Gasteiger charge is 2.24. The SMILES string of the molecule is COC(=O)C(C)NS(=O)(=O)c1ccccc1OC. The Balaban J connectivity index is 3.03. The quantitative estimate of drug-likeness (QED) is 0.792. The van der Waals surface area contributed by atoms with Crippen molar-refractivity contribution in [2.75, 3.05) is 14.2 Å². The van der Waals surface area contributed by atoms with Gasteiger partial charge in [-0.1, -0.05) is 12.1 Å². The van der Waals surface area contributed by atoms with Gasteiger partial charge < -0.3 is 9.47 Å². The number of methoxy groups -OCH3 is 2. The van der Waals surface area contributed by atoms with Crippen LogP contribution in [0.25, 0.3) is 0 Å². The third-order valence-electron chi connectivity index (χ3n) is 2.25. The summed E-state index contributed by atoms with van der Waals surface area (Å²) in [5.74, 6) is -0.449. The molecule has 6 nitrogen and oxygen atoms in total. The Bertz CT molecular complexity index is 526. The Hall–Kier alpha value is -1.60. The number of rotatable bonds is 5. The van der Waals surface area contributed by atoms with Crippen molar-refractivity contribution in [1.82, 2.24) is 4.72 Å². The lowest BCUT2D eigenvalue weighted by molar-refractivity contribution is -0.142. The first-order valence-electron chi connectivity index (χ1n) is 5.15. The third-order valence-corrected chi connectivity index (χ3v) is 3.83. The van der Waals surface area contributed by atoms with Crippen molar-refractivity contribution < 1.29 is 22.7 Å². The molecule has 0 aliphatic carbocycles. The number of ether oxygens (including phenoxy) is 2. The van der Waals surface area contributed by atoms with Gasteiger partial charge in [0, 0.05) is 0 Å². The van der Waals surface area contributed by atoms with Crippen molar-refractivity contribution in [3.63, 3.8) is 0 Å². The fraction of sp³-hybridized carbons (Fsp3) is 0.364. The van der Waals surface area contributed by atoms with Crippen LogP contribution in [-0.4, -0.2) is 34.6 Å². The van der Waals surface area contributed by atoms with E-state index < -0.39 is 22.0 Å². The summed E-state index contributed by atoms with van der Waals surface area (Å²) in [5.41, 5.74) is 0. The molecular weight excluding hydrogens is 258 g/mol. The van der Waals surface area contributed by atoms with Crippen LogP contribution in [0.3, 0.4) is 0 Å². The van der Waals surface area contributed by atoms with Crippen LogP contribution in [0.5, 0.6) is 5.75 Å². The van der Waals surface area contributed by atoms with E-state index in [0.29, 0.717) is 0 Å². The normalized spacial score (nSPS) is 12.8. The molecular formula is C11H15NO5S. The first kappa shape index (κ1) is 14.5. The predicted molar refractivity (Wildman–Crippen MR) is 64.8 cm³/mol. The van der Waals surface area contributed by atoms with E-state index in [1.54, 1.807) is 12.1 Å². The summed E-state index contributed by atoms with van der Waals surface area (Å²) >= 11 is 0. The number of hydrogen-bond donors (Lipinski definition) is 1. The molecule has 1 N–H and O–H groups in total. The maximum Gasteiger partial charge on any atom is 0.323 e. The van der Waals surface area contributed by atoms with E-state index in [9.17, 15) is 13.2 Å². The predicted octanol–water partition coefficient (Wildman–Crippen LogP) is 0.535. The molecule has 0 fully saturated rings. The van der Waals surface area contributed by atoms with E-state index >= 15 is 0 Å². The lowest BCUT2D eigenvalue weighted by Gasteiger charge is -2.13. The second-order valence-corrected chi connectivity index (χ2v) is 5.20. The Morgan fingerprint density at radius 2 is 1.89 bits per heavy atom. The average molecular weight is 273 g/mol. The van der Waals surface area contributed by atoms with E-state index in [4.69, 9.17) is 4.74 Å². The zero-order chi connectivity index (χ0) is 13.8. The monoisotopic (exact) mass is 273 g/mol. The molecule has 0 spiro atoms. The molecule has 0 bridgehead atoms. The van der Waals surface area contributed by atoms with Crippen molar-refractivity contribution in [1.29, 1.82) is 0 Å². The second-order valence-electron chi connectivity index (χ2n) is 3.52. The minimum absolute atomic E-state index is 0.0248. The first-order valence-corrected chi connectivity index (χ1v) is 6.64. The highest BCUT2D eigenvalue weighted by atomic mass is 32.2. The topological polar surface area (TPSA) is 81.7 Å². The minimum Gasteiger partial charge on any atom is -0.495 e. The van der Waals surface area contributed by atoms with Gasteiger partial charge in [0.15, 0.2) is 0 Å². The maximum atomic E-state index is 12.0. The highest BCUT2D eigenvalue weighted by Crippen LogP contribution is 2.22. The second kappa shape index (κ2) is 5.83. The minimum atomic E-state index is -3.83. The van der Waals surface area contributed by atoms with E-state index in [0.717, 1.165) is 0 Å². The fourth-order valence-corrected chi connectivity index (χ4v) is 2.72. The van der Waals surface area contributed by atoms with Crippen LogP contribution in [0.2, 0.25) is 0 Å². The van der Waals surface area contributed by atoms with Gasteiger partial charge in [-0.05, 0) is 19.1 Å². The van der Waals surface area contributed by atoms with Gasteiger partial charge in [-0.15, -0.1) is 0 Å². The summed E-state index contributed by atoms with van der Waals surface area (Å²) in [4.78, 5) is 11.2. The van der Waals surface area contributed by atoms with Gasteiger partial charge in [0.1, 0.15) is 16.7 Å². The number of carbonyl (C=O) groups excluding carboxylic acids is 1. The van der Waals surface area contributed by atoms with E-state index in [2.05, 4.69) is 9.46 Å². The van der Waals surface area contributed by atoms with Gasteiger partial charge in [-0.25, -0.2) is 8.42 Å². The molecule has 18 heavy (non-hydrogen) atoms. The van der Waals surface area contributed by atoms with Crippen LogP contribution < -0.4 is 9.46 Å². The van der Waals surface area contributed by atoms with E-state index in [1.807, 2.05) is 0 Å². The van der Waals surface area contributed by atoms with E-state index in [-0.39, 0.29) is 10.6 Å². The molecule has 1 aromatic rings.